The minimum atomic E-state index is -0.577. The molecule has 0 aromatic carbocycles. The van der Waals surface area contributed by atoms with Crippen LogP contribution in [0.2, 0.25) is 0 Å². The molecule has 0 aromatic rings. The van der Waals surface area contributed by atoms with E-state index in [1.165, 1.54) is 57.8 Å². The fourth-order valence-corrected chi connectivity index (χ4v) is 6.99. The first-order chi connectivity index (χ1) is 32.6. The Balaban J connectivity index is 4.38. The Kier molecular flexibility index (Phi) is 52.5. The number of ether oxygens (including phenoxy) is 3. The van der Waals surface area contributed by atoms with E-state index in [-0.39, 0.29) is 25.2 Å². The molecule has 5 nitrogen and oxygen atoms in total. The van der Waals surface area contributed by atoms with Crippen LogP contribution < -0.4 is 0 Å². The van der Waals surface area contributed by atoms with Gasteiger partial charge in [-0.25, -0.2) is 0 Å². The van der Waals surface area contributed by atoms with Gasteiger partial charge in [0.1, 0.15) is 6.61 Å². The largest absolute Gasteiger partial charge is 0.462 e. The summed E-state index contributed by atoms with van der Waals surface area (Å²) in [5.74, 6) is -0.461. The fourth-order valence-electron chi connectivity index (χ4n) is 6.99. The molecular weight excluding hydrogens is 813 g/mol. The van der Waals surface area contributed by atoms with E-state index in [1.54, 1.807) is 0 Å². The highest BCUT2D eigenvalue weighted by atomic mass is 16.6. The molecule has 0 saturated carbocycles. The molecule has 0 aromatic heterocycles. The zero-order chi connectivity index (χ0) is 47.7. The molecule has 1 atom stereocenters. The normalized spacial score (nSPS) is 13.2. The molecule has 0 saturated heterocycles. The zero-order valence-corrected chi connectivity index (χ0v) is 42.9. The van der Waals surface area contributed by atoms with E-state index >= 15 is 0 Å². The predicted octanol–water partition coefficient (Wildman–Crippen LogP) is 18.6. The third-order valence-electron chi connectivity index (χ3n) is 11.0. The number of esters is 2. The van der Waals surface area contributed by atoms with Gasteiger partial charge in [0.05, 0.1) is 6.61 Å². The van der Waals surface area contributed by atoms with Crippen LogP contribution in [-0.2, 0) is 23.8 Å². The first kappa shape index (κ1) is 62.3. The van der Waals surface area contributed by atoms with Gasteiger partial charge in [-0.1, -0.05) is 206 Å². The Morgan fingerprint density at radius 1 is 0.348 bits per heavy atom. The summed E-state index contributed by atoms with van der Waals surface area (Å²) < 4.78 is 17.4. The average molecular weight is 913 g/mol. The number of carbonyl (C=O) groups excluding carboxylic acids is 2. The van der Waals surface area contributed by atoms with Crippen molar-refractivity contribution in [2.24, 2.45) is 0 Å². The van der Waals surface area contributed by atoms with Gasteiger partial charge < -0.3 is 14.2 Å². The molecule has 0 rings (SSSR count). The molecule has 0 N–H and O–H groups in total. The number of rotatable bonds is 48. The summed E-state index contributed by atoms with van der Waals surface area (Å²) >= 11 is 0. The Hall–Kier alpha value is -3.70. The number of carbonyl (C=O) groups is 2. The molecule has 0 radical (unpaired) electrons. The van der Waals surface area contributed by atoms with Crippen molar-refractivity contribution in [3.63, 3.8) is 0 Å². The highest BCUT2D eigenvalue weighted by Crippen LogP contribution is 2.13. The second-order valence-electron chi connectivity index (χ2n) is 17.4. The fraction of sp³-hybridized carbons (Fsp3) is 0.639. The lowest BCUT2D eigenvalue weighted by atomic mass is 10.1. The first-order valence-corrected chi connectivity index (χ1v) is 27.1. The van der Waals surface area contributed by atoms with Crippen LogP contribution in [0.4, 0.5) is 0 Å². The Morgan fingerprint density at radius 2 is 0.682 bits per heavy atom. The van der Waals surface area contributed by atoms with Crippen molar-refractivity contribution in [2.75, 3.05) is 19.8 Å². The van der Waals surface area contributed by atoms with Gasteiger partial charge in [0.15, 0.2) is 6.10 Å². The maximum absolute atomic E-state index is 12.8. The maximum atomic E-state index is 12.8. The van der Waals surface area contributed by atoms with Gasteiger partial charge >= 0.3 is 11.9 Å². The summed E-state index contributed by atoms with van der Waals surface area (Å²) in [7, 11) is 0. The third-order valence-corrected chi connectivity index (χ3v) is 11.0. The van der Waals surface area contributed by atoms with Crippen molar-refractivity contribution in [1.82, 2.24) is 0 Å². The molecular formula is C61H100O5. The monoisotopic (exact) mass is 913 g/mol. The number of hydrogen-bond donors (Lipinski definition) is 0. The zero-order valence-electron chi connectivity index (χ0n) is 42.9. The molecule has 374 valence electrons. The second kappa shape index (κ2) is 55.6. The molecule has 0 aliphatic rings. The van der Waals surface area contributed by atoms with Gasteiger partial charge in [0.25, 0.3) is 0 Å². The molecule has 1 unspecified atom stereocenters. The van der Waals surface area contributed by atoms with Crippen LogP contribution in [0.15, 0.2) is 122 Å². The maximum Gasteiger partial charge on any atom is 0.306 e. The van der Waals surface area contributed by atoms with Crippen molar-refractivity contribution in [2.45, 2.75) is 232 Å². The lowest BCUT2D eigenvalue weighted by molar-refractivity contribution is -0.163. The standard InChI is InChI=1S/C61H100O5/c1-4-7-10-13-16-19-22-25-27-29-30-31-33-35-38-41-44-47-50-53-56-64-57-59(66-61(63)55-52-49-46-43-40-36-24-21-18-15-12-9-6-3)58-65-60(62)54-51-48-45-42-39-37-34-32-28-26-23-20-17-14-11-8-5-2/h7,9-10,12,16-21,25-28,30-31,35-36,38,40,59H,4-6,8,11,13-15,22-24,29,32-34,37,39,41-58H2,1-3H3/b10-7-,12-9-,19-16-,20-17-,21-18-,27-25-,28-26-,31-30-,38-35-,40-36-. The summed E-state index contributed by atoms with van der Waals surface area (Å²) in [6.07, 6.45) is 77.8. The number of hydrogen-bond acceptors (Lipinski definition) is 5. The molecule has 0 fully saturated rings. The van der Waals surface area contributed by atoms with Crippen LogP contribution in [0.25, 0.3) is 0 Å². The van der Waals surface area contributed by atoms with Gasteiger partial charge in [-0.2, -0.15) is 0 Å². The molecule has 0 aliphatic carbocycles. The lowest BCUT2D eigenvalue weighted by Crippen LogP contribution is -2.30. The average Bonchev–Trinajstić information content (AvgIpc) is 3.32. The molecule has 0 aliphatic heterocycles. The van der Waals surface area contributed by atoms with Gasteiger partial charge in [-0.15, -0.1) is 0 Å². The van der Waals surface area contributed by atoms with Crippen molar-refractivity contribution < 1.29 is 23.8 Å². The van der Waals surface area contributed by atoms with Gasteiger partial charge in [-0.3, -0.25) is 9.59 Å². The molecule has 0 spiro atoms. The van der Waals surface area contributed by atoms with Crippen LogP contribution in [0.5, 0.6) is 0 Å². The van der Waals surface area contributed by atoms with Crippen molar-refractivity contribution >= 4 is 11.9 Å². The summed E-state index contributed by atoms with van der Waals surface area (Å²) in [6.45, 7) is 7.47. The lowest BCUT2D eigenvalue weighted by Gasteiger charge is -2.18. The topological polar surface area (TPSA) is 61.8 Å². The van der Waals surface area contributed by atoms with E-state index < -0.39 is 6.10 Å². The van der Waals surface area contributed by atoms with Crippen molar-refractivity contribution in [3.05, 3.63) is 122 Å². The van der Waals surface area contributed by atoms with E-state index in [0.717, 1.165) is 135 Å². The highest BCUT2D eigenvalue weighted by molar-refractivity contribution is 5.70. The number of unbranched alkanes of at least 4 members (excludes halogenated alkanes) is 17. The first-order valence-electron chi connectivity index (χ1n) is 27.1. The Labute approximate surface area is 407 Å². The van der Waals surface area contributed by atoms with E-state index in [4.69, 9.17) is 14.2 Å². The van der Waals surface area contributed by atoms with Crippen LogP contribution in [0.3, 0.4) is 0 Å². The van der Waals surface area contributed by atoms with Gasteiger partial charge in [-0.05, 0) is 128 Å². The van der Waals surface area contributed by atoms with E-state index in [9.17, 15) is 9.59 Å². The summed E-state index contributed by atoms with van der Waals surface area (Å²) in [6, 6.07) is 0. The molecule has 0 heterocycles. The number of allylic oxidation sites excluding steroid dienone is 20. The molecule has 66 heavy (non-hydrogen) atoms. The quantitative estimate of drug-likeness (QED) is 0.0346. The summed E-state index contributed by atoms with van der Waals surface area (Å²) in [5, 5.41) is 0. The second-order valence-corrected chi connectivity index (χ2v) is 17.4. The van der Waals surface area contributed by atoms with E-state index in [2.05, 4.69) is 142 Å². The Morgan fingerprint density at radius 3 is 1.11 bits per heavy atom. The summed E-state index contributed by atoms with van der Waals surface area (Å²) in [4.78, 5) is 25.4. The summed E-state index contributed by atoms with van der Waals surface area (Å²) in [5.41, 5.74) is 0. The minimum absolute atomic E-state index is 0.0512. The highest BCUT2D eigenvalue weighted by Gasteiger charge is 2.17. The van der Waals surface area contributed by atoms with Crippen LogP contribution >= 0.6 is 0 Å². The predicted molar refractivity (Wildman–Crippen MR) is 288 cm³/mol. The van der Waals surface area contributed by atoms with Crippen LogP contribution in [0, 0.1) is 0 Å². The van der Waals surface area contributed by atoms with E-state index in [1.807, 2.05) is 0 Å². The Bertz CT molecular complexity index is 1350. The minimum Gasteiger partial charge on any atom is -0.462 e. The molecule has 0 bridgehead atoms. The van der Waals surface area contributed by atoms with Crippen molar-refractivity contribution in [1.29, 1.82) is 0 Å². The van der Waals surface area contributed by atoms with E-state index in [0.29, 0.717) is 19.4 Å². The molecule has 5 heteroatoms. The van der Waals surface area contributed by atoms with Gasteiger partial charge in [0.2, 0.25) is 0 Å². The third kappa shape index (κ3) is 52.9. The smallest absolute Gasteiger partial charge is 0.306 e. The SMILES string of the molecule is CC/C=C\C/C=C\C/C=C\C/C=C\C/C=C\CCCCCCOCC(COC(=O)CCCCCCCCC/C=C\C/C=C\CCCCC)OC(=O)CCCCC/C=C\C/C=C\C/C=C\CC. The van der Waals surface area contributed by atoms with Crippen LogP contribution in [0.1, 0.15) is 226 Å². The molecule has 0 amide bonds. The van der Waals surface area contributed by atoms with Crippen LogP contribution in [-0.4, -0.2) is 37.9 Å². The van der Waals surface area contributed by atoms with Crippen molar-refractivity contribution in [3.8, 4) is 0 Å². The van der Waals surface area contributed by atoms with Gasteiger partial charge in [0, 0.05) is 19.4 Å².